The summed E-state index contributed by atoms with van der Waals surface area (Å²) in [5, 5.41) is 0.0129. The van der Waals surface area contributed by atoms with Crippen LogP contribution in [0.5, 0.6) is 11.5 Å². The Kier molecular flexibility index (Phi) is 1.75. The molecule has 2 rings (SSSR count). The minimum Gasteiger partial charge on any atom is -0.523 e. The van der Waals surface area contributed by atoms with E-state index in [1.54, 1.807) is 0 Å². The molecule has 3 heteroatoms. The predicted octanol–water partition coefficient (Wildman–Crippen LogP) is 2.75. The molecule has 0 unspecified atom stereocenters. The summed E-state index contributed by atoms with van der Waals surface area (Å²) in [5.74, 6) is 1.70. The third kappa shape index (κ3) is 1.51. The van der Waals surface area contributed by atoms with Crippen LogP contribution in [0.3, 0.4) is 0 Å². The number of para-hydroxylation sites is 2. The molecule has 0 spiro atoms. The third-order valence-corrected chi connectivity index (χ3v) is 2.02. The molecule has 1 aliphatic rings. The smallest absolute Gasteiger partial charge is 0.523 e. The minimum absolute atomic E-state index is 0.0129. The van der Waals surface area contributed by atoms with E-state index in [4.69, 9.17) is 9.31 Å². The molecule has 1 aromatic rings. The van der Waals surface area contributed by atoms with Crippen LogP contribution in [-0.4, -0.2) is 7.12 Å². The molecule has 2 nitrogen and oxygen atoms in total. The molecule has 0 fully saturated rings. The van der Waals surface area contributed by atoms with Crippen molar-refractivity contribution in [1.29, 1.82) is 0 Å². The normalized spacial score (nSPS) is 14.8. The Morgan fingerprint density at radius 3 is 1.85 bits per heavy atom. The zero-order chi connectivity index (χ0) is 9.47. The van der Waals surface area contributed by atoms with Gasteiger partial charge in [-0.2, -0.15) is 0 Å². The van der Waals surface area contributed by atoms with E-state index >= 15 is 0 Å². The molecular formula is C10H13BO2. The number of rotatable bonds is 0. The molecular weight excluding hydrogens is 163 g/mol. The molecule has 0 aromatic heterocycles. The second kappa shape index (κ2) is 2.69. The molecule has 1 aromatic carbocycles. The maximum Gasteiger partial charge on any atom is 0.600 e. The van der Waals surface area contributed by atoms with Gasteiger partial charge in [0.1, 0.15) is 11.5 Å². The van der Waals surface area contributed by atoms with Gasteiger partial charge < -0.3 is 9.31 Å². The van der Waals surface area contributed by atoms with Crippen LogP contribution in [0.4, 0.5) is 0 Å². The van der Waals surface area contributed by atoms with Crippen LogP contribution in [0.2, 0.25) is 5.31 Å². The highest BCUT2D eigenvalue weighted by Crippen LogP contribution is 2.40. The summed E-state index contributed by atoms with van der Waals surface area (Å²) in [7, 11) is -0.162. The molecule has 1 heterocycles. The summed E-state index contributed by atoms with van der Waals surface area (Å²) in [4.78, 5) is 0. The minimum atomic E-state index is -0.162. The summed E-state index contributed by atoms with van der Waals surface area (Å²) in [6.07, 6.45) is 0. The van der Waals surface area contributed by atoms with Gasteiger partial charge >= 0.3 is 7.12 Å². The van der Waals surface area contributed by atoms with Crippen LogP contribution in [0.25, 0.3) is 0 Å². The first kappa shape index (κ1) is 8.48. The van der Waals surface area contributed by atoms with Crippen molar-refractivity contribution in [2.45, 2.75) is 26.1 Å². The van der Waals surface area contributed by atoms with Crippen LogP contribution in [-0.2, 0) is 0 Å². The second-order valence-corrected chi connectivity index (χ2v) is 4.38. The van der Waals surface area contributed by atoms with Gasteiger partial charge in [0.25, 0.3) is 0 Å². The van der Waals surface area contributed by atoms with Crippen LogP contribution < -0.4 is 9.31 Å². The zero-order valence-electron chi connectivity index (χ0n) is 8.20. The van der Waals surface area contributed by atoms with E-state index in [0.29, 0.717) is 0 Å². The molecule has 0 N–H and O–H groups in total. The van der Waals surface area contributed by atoms with E-state index in [1.165, 1.54) is 0 Å². The van der Waals surface area contributed by atoms with Crippen molar-refractivity contribution >= 4 is 7.12 Å². The summed E-state index contributed by atoms with van der Waals surface area (Å²) in [6.45, 7) is 6.30. The Bertz CT molecular complexity index is 292. The van der Waals surface area contributed by atoms with Gasteiger partial charge in [-0.1, -0.05) is 32.9 Å². The number of hydrogen-bond donors (Lipinski definition) is 0. The highest BCUT2D eigenvalue weighted by atomic mass is 16.6. The van der Waals surface area contributed by atoms with Gasteiger partial charge in [-0.05, 0) is 12.1 Å². The zero-order valence-corrected chi connectivity index (χ0v) is 8.20. The third-order valence-electron chi connectivity index (χ3n) is 2.02. The Labute approximate surface area is 79.0 Å². The average molecular weight is 176 g/mol. The number of fused-ring (bicyclic) bond motifs is 1. The first-order chi connectivity index (χ1) is 6.07. The molecule has 0 saturated carbocycles. The quantitative estimate of drug-likeness (QED) is 0.565. The van der Waals surface area contributed by atoms with Gasteiger partial charge in [0, 0.05) is 5.31 Å². The van der Waals surface area contributed by atoms with Gasteiger partial charge in [0.2, 0.25) is 0 Å². The van der Waals surface area contributed by atoms with Gasteiger partial charge in [-0.3, -0.25) is 0 Å². The average Bonchev–Trinajstić information content (AvgIpc) is 2.45. The Hall–Kier alpha value is -1.12. The maximum absolute atomic E-state index is 5.65. The first-order valence-corrected chi connectivity index (χ1v) is 4.50. The van der Waals surface area contributed by atoms with Gasteiger partial charge in [0.15, 0.2) is 0 Å². The largest absolute Gasteiger partial charge is 0.600 e. The van der Waals surface area contributed by atoms with E-state index in [1.807, 2.05) is 24.3 Å². The van der Waals surface area contributed by atoms with Crippen LogP contribution in [0.1, 0.15) is 20.8 Å². The monoisotopic (exact) mass is 176 g/mol. The van der Waals surface area contributed by atoms with Crippen LogP contribution >= 0.6 is 0 Å². The lowest BCUT2D eigenvalue weighted by Gasteiger charge is -2.18. The highest BCUT2D eigenvalue weighted by molar-refractivity contribution is 6.51. The van der Waals surface area contributed by atoms with E-state index in [9.17, 15) is 0 Å². The number of hydrogen-bond acceptors (Lipinski definition) is 2. The van der Waals surface area contributed by atoms with Crippen molar-refractivity contribution in [3.63, 3.8) is 0 Å². The fraction of sp³-hybridized carbons (Fsp3) is 0.400. The van der Waals surface area contributed by atoms with Crippen LogP contribution in [0, 0.1) is 0 Å². The van der Waals surface area contributed by atoms with Crippen molar-refractivity contribution in [2.75, 3.05) is 0 Å². The van der Waals surface area contributed by atoms with Gasteiger partial charge in [0.05, 0.1) is 0 Å². The molecule has 0 saturated heterocycles. The summed E-state index contributed by atoms with van der Waals surface area (Å²) >= 11 is 0. The fourth-order valence-electron chi connectivity index (χ4n) is 1.25. The summed E-state index contributed by atoms with van der Waals surface area (Å²) in [6, 6.07) is 7.77. The summed E-state index contributed by atoms with van der Waals surface area (Å²) < 4.78 is 11.3. The summed E-state index contributed by atoms with van der Waals surface area (Å²) in [5.41, 5.74) is 0. The van der Waals surface area contributed by atoms with E-state index in [2.05, 4.69) is 20.8 Å². The van der Waals surface area contributed by atoms with Crippen molar-refractivity contribution in [2.24, 2.45) is 0 Å². The lowest BCUT2D eigenvalue weighted by molar-refractivity contribution is 0.440. The first-order valence-electron chi connectivity index (χ1n) is 4.50. The molecule has 0 amide bonds. The maximum atomic E-state index is 5.65. The Morgan fingerprint density at radius 2 is 1.46 bits per heavy atom. The van der Waals surface area contributed by atoms with Crippen molar-refractivity contribution in [3.05, 3.63) is 24.3 Å². The van der Waals surface area contributed by atoms with Crippen molar-refractivity contribution in [3.8, 4) is 11.5 Å². The van der Waals surface area contributed by atoms with Crippen molar-refractivity contribution in [1.82, 2.24) is 0 Å². The molecule has 0 atom stereocenters. The Morgan fingerprint density at radius 1 is 1.00 bits per heavy atom. The second-order valence-electron chi connectivity index (χ2n) is 4.38. The van der Waals surface area contributed by atoms with Gasteiger partial charge in [-0.15, -0.1) is 0 Å². The van der Waals surface area contributed by atoms with E-state index < -0.39 is 0 Å². The molecule has 0 radical (unpaired) electrons. The fourth-order valence-corrected chi connectivity index (χ4v) is 1.25. The SMILES string of the molecule is CC(C)(C)B1Oc2ccccc2O1. The highest BCUT2D eigenvalue weighted by Gasteiger charge is 2.42. The molecule has 68 valence electrons. The molecule has 1 aliphatic heterocycles. The topological polar surface area (TPSA) is 18.5 Å². The molecule has 0 bridgehead atoms. The predicted molar refractivity (Wildman–Crippen MR) is 53.2 cm³/mol. The molecule has 0 aliphatic carbocycles. The van der Waals surface area contributed by atoms with E-state index in [0.717, 1.165) is 11.5 Å². The van der Waals surface area contributed by atoms with Crippen LogP contribution in [0.15, 0.2) is 24.3 Å². The lowest BCUT2D eigenvalue weighted by Crippen LogP contribution is -2.34. The number of benzene rings is 1. The van der Waals surface area contributed by atoms with Crippen molar-refractivity contribution < 1.29 is 9.31 Å². The Balaban J connectivity index is 2.23. The standard InChI is InChI=1S/C10H13BO2/c1-10(2,3)11-12-8-6-4-5-7-9(8)13-11/h4-7H,1-3H3. The van der Waals surface area contributed by atoms with Gasteiger partial charge in [-0.25, -0.2) is 0 Å². The van der Waals surface area contributed by atoms with E-state index in [-0.39, 0.29) is 12.4 Å². The lowest BCUT2D eigenvalue weighted by atomic mass is 9.61. The molecule has 13 heavy (non-hydrogen) atoms.